The van der Waals surface area contributed by atoms with Crippen molar-refractivity contribution in [1.82, 2.24) is 14.5 Å². The minimum absolute atomic E-state index is 0.0254. The van der Waals surface area contributed by atoms with E-state index in [1.54, 1.807) is 12.1 Å². The maximum Gasteiger partial charge on any atom is 0.244 e. The Morgan fingerprint density at radius 3 is 2.61 bits per heavy atom. The summed E-state index contributed by atoms with van der Waals surface area (Å²) >= 11 is 0. The fourth-order valence-corrected chi connectivity index (χ4v) is 5.80. The molecule has 1 N–H and O–H groups in total. The zero-order valence-corrected chi connectivity index (χ0v) is 17.1. The van der Waals surface area contributed by atoms with E-state index in [0.29, 0.717) is 38.5 Å². The van der Waals surface area contributed by atoms with Crippen LogP contribution in [-0.4, -0.2) is 62.3 Å². The van der Waals surface area contributed by atoms with Gasteiger partial charge in [0.05, 0.1) is 10.5 Å². The van der Waals surface area contributed by atoms with Crippen molar-refractivity contribution < 1.29 is 13.2 Å². The predicted octanol–water partition coefficient (Wildman–Crippen LogP) is 1.56. The van der Waals surface area contributed by atoms with E-state index in [9.17, 15) is 18.5 Å². The number of likely N-dealkylation sites (N-methyl/N-ethyl adjacent to an activating group) is 1. The number of carbonyl (C=O) groups is 1. The van der Waals surface area contributed by atoms with Gasteiger partial charge in [0.1, 0.15) is 6.07 Å². The molecule has 0 aromatic heterocycles. The number of hydrogen-bond donors (Lipinski definition) is 1. The third kappa shape index (κ3) is 4.37. The second kappa shape index (κ2) is 9.03. The van der Waals surface area contributed by atoms with Gasteiger partial charge < -0.3 is 5.32 Å². The van der Waals surface area contributed by atoms with Crippen LogP contribution < -0.4 is 5.32 Å². The largest absolute Gasteiger partial charge is 0.354 e. The first kappa shape index (κ1) is 20.8. The highest BCUT2D eigenvalue weighted by Crippen LogP contribution is 2.26. The molecule has 2 aliphatic rings. The summed E-state index contributed by atoms with van der Waals surface area (Å²) in [6.45, 7) is 5.50. The Kier molecular flexibility index (Phi) is 6.70. The number of nitriles is 1. The molecular weight excluding hydrogens is 376 g/mol. The Hall–Kier alpha value is -1.95. The Morgan fingerprint density at radius 1 is 1.21 bits per heavy atom. The fraction of sp³-hybridized carbons (Fsp3) is 0.600. The molecule has 2 heterocycles. The average Bonchev–Trinajstić information content (AvgIpc) is 3.19. The van der Waals surface area contributed by atoms with Crippen molar-refractivity contribution in [2.75, 3.05) is 32.7 Å². The van der Waals surface area contributed by atoms with E-state index in [1.807, 2.05) is 6.07 Å². The number of piperidine rings is 1. The second-order valence-corrected chi connectivity index (χ2v) is 9.36. The Morgan fingerprint density at radius 2 is 1.93 bits per heavy atom. The molecule has 8 heteroatoms. The topological polar surface area (TPSA) is 93.5 Å². The van der Waals surface area contributed by atoms with Crippen LogP contribution in [0.2, 0.25) is 0 Å². The van der Waals surface area contributed by atoms with Crippen LogP contribution in [0.15, 0.2) is 29.2 Å². The number of rotatable bonds is 6. The molecule has 1 aromatic rings. The summed E-state index contributed by atoms with van der Waals surface area (Å²) in [5.74, 6) is -0.133. The van der Waals surface area contributed by atoms with E-state index in [0.717, 1.165) is 19.5 Å². The lowest BCUT2D eigenvalue weighted by molar-refractivity contribution is -0.126. The summed E-state index contributed by atoms with van der Waals surface area (Å²) in [5, 5.41) is 12.3. The fourth-order valence-electron chi connectivity index (χ4n) is 4.19. The van der Waals surface area contributed by atoms with E-state index < -0.39 is 10.0 Å². The molecule has 3 rings (SSSR count). The first-order valence-corrected chi connectivity index (χ1v) is 11.4. The van der Waals surface area contributed by atoms with Gasteiger partial charge in [0.25, 0.3) is 0 Å². The average molecular weight is 405 g/mol. The lowest BCUT2D eigenvalue weighted by atomic mass is 9.97. The Balaban J connectivity index is 1.55. The molecule has 28 heavy (non-hydrogen) atoms. The van der Waals surface area contributed by atoms with Crippen molar-refractivity contribution in [2.24, 2.45) is 5.92 Å². The van der Waals surface area contributed by atoms with Gasteiger partial charge in [-0.3, -0.25) is 9.69 Å². The molecule has 2 fully saturated rings. The first-order valence-electron chi connectivity index (χ1n) is 9.98. The van der Waals surface area contributed by atoms with Crippen LogP contribution in [0, 0.1) is 17.2 Å². The van der Waals surface area contributed by atoms with Gasteiger partial charge in [-0.05, 0) is 50.9 Å². The molecule has 1 amide bonds. The van der Waals surface area contributed by atoms with Crippen molar-refractivity contribution in [2.45, 2.75) is 43.5 Å². The van der Waals surface area contributed by atoms with Crippen molar-refractivity contribution in [1.29, 1.82) is 5.26 Å². The van der Waals surface area contributed by atoms with Gasteiger partial charge in [0.2, 0.25) is 15.9 Å². The van der Waals surface area contributed by atoms with Crippen LogP contribution >= 0.6 is 0 Å². The molecule has 0 aliphatic carbocycles. The smallest absolute Gasteiger partial charge is 0.244 e. The minimum Gasteiger partial charge on any atom is -0.354 e. The molecule has 0 saturated carbocycles. The second-order valence-electron chi connectivity index (χ2n) is 7.46. The standard InChI is InChI=1S/C20H28N4O3S/c1-2-23-11-5-7-18(23)15-22-20(25)16-9-12-24(13-10-16)28(26,27)19-8-4-3-6-17(19)14-21/h3-4,6,8,16,18H,2,5,7,9-13,15H2,1H3,(H,22,25)/t18-/m1/s1. The molecular formula is C20H28N4O3S. The number of amides is 1. The monoisotopic (exact) mass is 404 g/mol. The highest BCUT2D eigenvalue weighted by Gasteiger charge is 2.33. The molecule has 0 radical (unpaired) electrons. The van der Waals surface area contributed by atoms with E-state index in [4.69, 9.17) is 0 Å². The first-order chi connectivity index (χ1) is 13.5. The summed E-state index contributed by atoms with van der Waals surface area (Å²) in [6, 6.07) is 8.61. The number of hydrogen-bond acceptors (Lipinski definition) is 5. The predicted molar refractivity (Wildman–Crippen MR) is 106 cm³/mol. The molecule has 0 unspecified atom stereocenters. The van der Waals surface area contributed by atoms with Crippen molar-refractivity contribution in [3.05, 3.63) is 29.8 Å². The summed E-state index contributed by atoms with van der Waals surface area (Å²) in [6.07, 6.45) is 3.29. The maximum absolute atomic E-state index is 12.9. The van der Waals surface area contributed by atoms with E-state index in [-0.39, 0.29) is 22.3 Å². The molecule has 2 saturated heterocycles. The van der Waals surface area contributed by atoms with Crippen LogP contribution in [0.5, 0.6) is 0 Å². The Labute approximate surface area is 167 Å². The molecule has 1 aromatic carbocycles. The van der Waals surface area contributed by atoms with Gasteiger partial charge in [-0.25, -0.2) is 8.42 Å². The van der Waals surface area contributed by atoms with Gasteiger partial charge in [0, 0.05) is 31.6 Å². The normalized spacial score (nSPS) is 22.1. The van der Waals surface area contributed by atoms with E-state index in [1.165, 1.54) is 22.9 Å². The molecule has 152 valence electrons. The molecule has 0 bridgehead atoms. The number of nitrogens with one attached hydrogen (secondary N) is 1. The van der Waals surface area contributed by atoms with Crippen LogP contribution in [0.3, 0.4) is 0 Å². The molecule has 0 spiro atoms. The molecule has 1 atom stereocenters. The number of likely N-dealkylation sites (tertiary alicyclic amines) is 1. The Bertz CT molecular complexity index is 841. The molecule has 7 nitrogen and oxygen atoms in total. The summed E-state index contributed by atoms with van der Waals surface area (Å²) in [5.41, 5.74) is 0.152. The number of carbonyl (C=O) groups excluding carboxylic acids is 1. The van der Waals surface area contributed by atoms with Crippen LogP contribution in [-0.2, 0) is 14.8 Å². The molecule has 2 aliphatic heterocycles. The van der Waals surface area contributed by atoms with Gasteiger partial charge in [-0.15, -0.1) is 0 Å². The maximum atomic E-state index is 12.9. The number of benzene rings is 1. The van der Waals surface area contributed by atoms with Gasteiger partial charge in [-0.2, -0.15) is 9.57 Å². The summed E-state index contributed by atoms with van der Waals surface area (Å²) in [7, 11) is -3.72. The van der Waals surface area contributed by atoms with Gasteiger partial charge >= 0.3 is 0 Å². The summed E-state index contributed by atoms with van der Waals surface area (Å²) < 4.78 is 27.2. The quantitative estimate of drug-likeness (QED) is 0.777. The van der Waals surface area contributed by atoms with Crippen molar-refractivity contribution >= 4 is 15.9 Å². The highest BCUT2D eigenvalue weighted by atomic mass is 32.2. The lowest BCUT2D eigenvalue weighted by Gasteiger charge is -2.31. The number of nitrogens with zero attached hydrogens (tertiary/aromatic N) is 3. The minimum atomic E-state index is -3.72. The van der Waals surface area contributed by atoms with Crippen molar-refractivity contribution in [3.63, 3.8) is 0 Å². The van der Waals surface area contributed by atoms with Crippen LogP contribution in [0.1, 0.15) is 38.2 Å². The lowest BCUT2D eigenvalue weighted by Crippen LogP contribution is -2.46. The highest BCUT2D eigenvalue weighted by molar-refractivity contribution is 7.89. The number of sulfonamides is 1. The van der Waals surface area contributed by atoms with Crippen molar-refractivity contribution in [3.8, 4) is 6.07 Å². The van der Waals surface area contributed by atoms with Crippen LogP contribution in [0.25, 0.3) is 0 Å². The zero-order valence-electron chi connectivity index (χ0n) is 16.3. The SMILES string of the molecule is CCN1CCC[C@@H]1CNC(=O)C1CCN(S(=O)(=O)c2ccccc2C#N)CC1. The van der Waals surface area contributed by atoms with E-state index in [2.05, 4.69) is 17.1 Å². The van der Waals surface area contributed by atoms with Crippen LogP contribution in [0.4, 0.5) is 0 Å². The zero-order chi connectivity index (χ0) is 20.1. The third-order valence-corrected chi connectivity index (χ3v) is 7.82. The summed E-state index contributed by atoms with van der Waals surface area (Å²) in [4.78, 5) is 15.0. The van der Waals surface area contributed by atoms with E-state index >= 15 is 0 Å². The van der Waals surface area contributed by atoms with Gasteiger partial charge in [0.15, 0.2) is 0 Å². The third-order valence-electron chi connectivity index (χ3n) is 5.87. The van der Waals surface area contributed by atoms with Gasteiger partial charge in [-0.1, -0.05) is 19.1 Å².